The molecule has 1 saturated heterocycles. The van der Waals surface area contributed by atoms with Gasteiger partial charge in [0.2, 0.25) is 0 Å². The number of nitrogens with one attached hydrogen (secondary N) is 1. The molecular weight excluding hydrogens is 278 g/mol. The second kappa shape index (κ2) is 6.24. The van der Waals surface area contributed by atoms with Gasteiger partial charge in [-0.15, -0.1) is 0 Å². The first-order valence-corrected chi connectivity index (χ1v) is 8.04. The minimum absolute atomic E-state index is 0.00350. The van der Waals surface area contributed by atoms with Crippen molar-refractivity contribution in [3.8, 4) is 0 Å². The highest BCUT2D eigenvalue weighted by Gasteiger charge is 2.36. The Morgan fingerprint density at radius 1 is 1.41 bits per heavy atom. The SMILES string of the molecule is CCCc1c(C(=O)N2CCC(C)(CN)C2)[nH]c(C)c1C(C)=O. The lowest BCUT2D eigenvalue weighted by Crippen LogP contribution is -2.35. The molecule has 0 radical (unpaired) electrons. The Morgan fingerprint density at radius 3 is 2.59 bits per heavy atom. The molecule has 5 nitrogen and oxygen atoms in total. The van der Waals surface area contributed by atoms with Crippen LogP contribution in [0.15, 0.2) is 0 Å². The van der Waals surface area contributed by atoms with Crippen molar-refractivity contribution in [3.63, 3.8) is 0 Å². The maximum absolute atomic E-state index is 12.9. The van der Waals surface area contributed by atoms with Crippen molar-refractivity contribution in [2.45, 2.75) is 47.0 Å². The zero-order valence-electron chi connectivity index (χ0n) is 14.1. The molecule has 1 aliphatic rings. The Hall–Kier alpha value is -1.62. The molecule has 1 atom stereocenters. The number of aromatic amines is 1. The molecule has 1 aromatic heterocycles. The molecule has 0 aliphatic carbocycles. The lowest BCUT2D eigenvalue weighted by molar-refractivity contribution is 0.0770. The number of hydrogen-bond acceptors (Lipinski definition) is 3. The third-order valence-corrected chi connectivity index (χ3v) is 4.69. The van der Waals surface area contributed by atoms with Gasteiger partial charge in [-0.2, -0.15) is 0 Å². The standard InChI is InChI=1S/C17H27N3O2/c1-5-6-13-14(12(3)21)11(2)19-15(13)16(22)20-8-7-17(4,9-18)10-20/h19H,5-10,18H2,1-4H3. The number of carbonyl (C=O) groups is 2. The Balaban J connectivity index is 2.34. The summed E-state index contributed by atoms with van der Waals surface area (Å²) in [5.41, 5.74) is 8.77. The van der Waals surface area contributed by atoms with Gasteiger partial charge in [-0.05, 0) is 44.2 Å². The Kier molecular flexibility index (Phi) is 4.75. The number of aromatic nitrogens is 1. The van der Waals surface area contributed by atoms with Crippen molar-refractivity contribution in [1.29, 1.82) is 0 Å². The van der Waals surface area contributed by atoms with Gasteiger partial charge in [0, 0.05) is 24.3 Å². The van der Waals surface area contributed by atoms with Crippen molar-refractivity contribution in [1.82, 2.24) is 9.88 Å². The van der Waals surface area contributed by atoms with E-state index < -0.39 is 0 Å². The Morgan fingerprint density at radius 2 is 2.09 bits per heavy atom. The van der Waals surface area contributed by atoms with Crippen LogP contribution in [0.4, 0.5) is 0 Å². The van der Waals surface area contributed by atoms with Gasteiger partial charge in [0.25, 0.3) is 5.91 Å². The number of amides is 1. The van der Waals surface area contributed by atoms with E-state index in [9.17, 15) is 9.59 Å². The van der Waals surface area contributed by atoms with E-state index in [1.807, 2.05) is 11.8 Å². The second-order valence-electron chi connectivity index (χ2n) is 6.78. The van der Waals surface area contributed by atoms with Crippen LogP contribution in [-0.2, 0) is 6.42 Å². The van der Waals surface area contributed by atoms with Gasteiger partial charge in [-0.1, -0.05) is 20.3 Å². The predicted molar refractivity (Wildman–Crippen MR) is 87.2 cm³/mol. The van der Waals surface area contributed by atoms with Crippen LogP contribution in [0.1, 0.15) is 65.7 Å². The number of likely N-dealkylation sites (tertiary alicyclic amines) is 1. The third kappa shape index (κ3) is 2.95. The predicted octanol–water partition coefficient (Wildman–Crippen LogP) is 2.29. The van der Waals surface area contributed by atoms with E-state index in [4.69, 9.17) is 5.73 Å². The van der Waals surface area contributed by atoms with E-state index in [1.165, 1.54) is 0 Å². The molecule has 5 heteroatoms. The molecule has 0 aromatic carbocycles. The number of nitrogens with two attached hydrogens (primary N) is 1. The van der Waals surface area contributed by atoms with Crippen LogP contribution in [0.5, 0.6) is 0 Å². The molecule has 3 N–H and O–H groups in total. The fraction of sp³-hybridized carbons (Fsp3) is 0.647. The average Bonchev–Trinajstić information content (AvgIpc) is 3.00. The van der Waals surface area contributed by atoms with Crippen molar-refractivity contribution >= 4 is 11.7 Å². The Labute approximate surface area is 132 Å². The van der Waals surface area contributed by atoms with Crippen LogP contribution in [0, 0.1) is 12.3 Å². The maximum Gasteiger partial charge on any atom is 0.270 e. The summed E-state index contributed by atoms with van der Waals surface area (Å²) in [7, 11) is 0. The molecule has 1 aromatic rings. The number of aryl methyl sites for hydroxylation is 1. The summed E-state index contributed by atoms with van der Waals surface area (Å²) < 4.78 is 0. The second-order valence-corrected chi connectivity index (χ2v) is 6.78. The third-order valence-electron chi connectivity index (χ3n) is 4.69. The summed E-state index contributed by atoms with van der Waals surface area (Å²) in [6.45, 7) is 9.59. The molecule has 2 heterocycles. The molecule has 1 amide bonds. The van der Waals surface area contributed by atoms with Gasteiger partial charge in [-0.3, -0.25) is 9.59 Å². The van der Waals surface area contributed by atoms with Crippen molar-refractivity contribution < 1.29 is 9.59 Å². The molecule has 0 spiro atoms. The number of carbonyl (C=O) groups excluding carboxylic acids is 2. The van der Waals surface area contributed by atoms with Crippen LogP contribution < -0.4 is 5.73 Å². The number of hydrogen-bond donors (Lipinski definition) is 2. The van der Waals surface area contributed by atoms with Crippen molar-refractivity contribution in [3.05, 3.63) is 22.5 Å². The largest absolute Gasteiger partial charge is 0.354 e. The summed E-state index contributed by atoms with van der Waals surface area (Å²) in [5.74, 6) is 0.0145. The maximum atomic E-state index is 12.9. The fourth-order valence-electron chi connectivity index (χ4n) is 3.36. The molecule has 122 valence electrons. The number of rotatable bonds is 5. The highest BCUT2D eigenvalue weighted by molar-refractivity contribution is 6.02. The number of Topliss-reactive ketones (excluding diaryl/α,β-unsaturated/α-hetero) is 1. The zero-order chi connectivity index (χ0) is 16.5. The lowest BCUT2D eigenvalue weighted by Gasteiger charge is -2.22. The van der Waals surface area contributed by atoms with Crippen molar-refractivity contribution in [2.24, 2.45) is 11.1 Å². The highest BCUT2D eigenvalue weighted by Crippen LogP contribution is 2.31. The minimum atomic E-state index is -0.00350. The van der Waals surface area contributed by atoms with Crippen LogP contribution in [-0.4, -0.2) is 41.2 Å². The van der Waals surface area contributed by atoms with Gasteiger partial charge in [-0.25, -0.2) is 0 Å². The van der Waals surface area contributed by atoms with E-state index >= 15 is 0 Å². The monoisotopic (exact) mass is 305 g/mol. The van der Waals surface area contributed by atoms with Gasteiger partial charge in [0.15, 0.2) is 5.78 Å². The first-order chi connectivity index (χ1) is 10.3. The molecule has 22 heavy (non-hydrogen) atoms. The molecule has 1 unspecified atom stereocenters. The van der Waals surface area contributed by atoms with Gasteiger partial charge < -0.3 is 15.6 Å². The number of H-pyrrole nitrogens is 1. The molecule has 0 bridgehead atoms. The highest BCUT2D eigenvalue weighted by atomic mass is 16.2. The number of ketones is 1. The van der Waals surface area contributed by atoms with Crippen LogP contribution in [0.25, 0.3) is 0 Å². The molecule has 1 fully saturated rings. The first-order valence-electron chi connectivity index (χ1n) is 8.04. The quantitative estimate of drug-likeness (QED) is 0.819. The fourth-order valence-corrected chi connectivity index (χ4v) is 3.36. The Bertz CT molecular complexity index is 591. The van der Waals surface area contributed by atoms with Crippen LogP contribution >= 0.6 is 0 Å². The van der Waals surface area contributed by atoms with E-state index in [1.54, 1.807) is 6.92 Å². The average molecular weight is 305 g/mol. The van der Waals surface area contributed by atoms with Gasteiger partial charge in [0.1, 0.15) is 5.69 Å². The van der Waals surface area contributed by atoms with Gasteiger partial charge >= 0.3 is 0 Å². The van der Waals surface area contributed by atoms with E-state index in [0.717, 1.165) is 37.1 Å². The minimum Gasteiger partial charge on any atom is -0.354 e. The normalized spacial score (nSPS) is 21.4. The summed E-state index contributed by atoms with van der Waals surface area (Å²) in [6, 6.07) is 0. The lowest BCUT2D eigenvalue weighted by atomic mass is 9.90. The van der Waals surface area contributed by atoms with E-state index in [0.29, 0.717) is 24.3 Å². The number of nitrogens with zero attached hydrogens (tertiary/aromatic N) is 1. The summed E-state index contributed by atoms with van der Waals surface area (Å²) in [6.07, 6.45) is 2.57. The summed E-state index contributed by atoms with van der Waals surface area (Å²) >= 11 is 0. The topological polar surface area (TPSA) is 79.2 Å². The summed E-state index contributed by atoms with van der Waals surface area (Å²) in [4.78, 5) is 29.8. The van der Waals surface area contributed by atoms with E-state index in [-0.39, 0.29) is 17.1 Å². The van der Waals surface area contributed by atoms with Crippen LogP contribution in [0.2, 0.25) is 0 Å². The van der Waals surface area contributed by atoms with Crippen LogP contribution in [0.3, 0.4) is 0 Å². The zero-order valence-corrected chi connectivity index (χ0v) is 14.1. The van der Waals surface area contributed by atoms with Crippen molar-refractivity contribution in [2.75, 3.05) is 19.6 Å². The van der Waals surface area contributed by atoms with Gasteiger partial charge in [0.05, 0.1) is 0 Å². The van der Waals surface area contributed by atoms with E-state index in [2.05, 4.69) is 18.8 Å². The summed E-state index contributed by atoms with van der Waals surface area (Å²) in [5, 5.41) is 0. The molecule has 2 rings (SSSR count). The molecule has 0 saturated carbocycles. The molecule has 1 aliphatic heterocycles. The smallest absolute Gasteiger partial charge is 0.270 e. The first kappa shape index (κ1) is 16.7. The molecular formula is C17H27N3O2.